The van der Waals surface area contributed by atoms with E-state index in [9.17, 15) is 0 Å². The van der Waals surface area contributed by atoms with E-state index in [2.05, 4.69) is 5.48 Å². The zero-order chi connectivity index (χ0) is 9.90. The van der Waals surface area contributed by atoms with Crippen molar-refractivity contribution in [3.63, 3.8) is 0 Å². The van der Waals surface area contributed by atoms with Crippen molar-refractivity contribution in [1.29, 1.82) is 0 Å². The standard InChI is InChI=1S/C10H21NO3/c1-2-7-13-9-4-10-14-11-5-3-8-12-6-1/h11H,1-10H2. The van der Waals surface area contributed by atoms with Crippen LogP contribution in [0.3, 0.4) is 0 Å². The van der Waals surface area contributed by atoms with Gasteiger partial charge in [0.05, 0.1) is 6.61 Å². The normalized spacial score (nSPS) is 24.0. The zero-order valence-electron chi connectivity index (χ0n) is 8.80. The Morgan fingerprint density at radius 1 is 0.643 bits per heavy atom. The number of ether oxygens (including phenoxy) is 2. The number of hydrogen-bond donors (Lipinski definition) is 1. The van der Waals surface area contributed by atoms with Crippen molar-refractivity contribution >= 4 is 0 Å². The van der Waals surface area contributed by atoms with Gasteiger partial charge in [0.2, 0.25) is 0 Å². The van der Waals surface area contributed by atoms with Gasteiger partial charge in [-0.25, -0.2) is 5.48 Å². The minimum absolute atomic E-state index is 0.723. The summed E-state index contributed by atoms with van der Waals surface area (Å²) in [6.07, 6.45) is 4.17. The Hall–Kier alpha value is -0.160. The van der Waals surface area contributed by atoms with Gasteiger partial charge in [-0.2, -0.15) is 0 Å². The van der Waals surface area contributed by atoms with Crippen LogP contribution in [0.15, 0.2) is 0 Å². The lowest BCUT2D eigenvalue weighted by Crippen LogP contribution is -2.19. The van der Waals surface area contributed by atoms with Crippen LogP contribution in [0.25, 0.3) is 0 Å². The van der Waals surface area contributed by atoms with Crippen molar-refractivity contribution in [3.05, 3.63) is 0 Å². The Kier molecular flexibility index (Phi) is 8.00. The number of nitrogens with one attached hydrogen (secondary N) is 1. The van der Waals surface area contributed by atoms with Crippen LogP contribution in [-0.2, 0) is 14.3 Å². The molecule has 84 valence electrons. The molecule has 0 aromatic carbocycles. The molecule has 0 atom stereocenters. The Labute approximate surface area is 85.9 Å². The highest BCUT2D eigenvalue weighted by molar-refractivity contribution is 4.43. The summed E-state index contributed by atoms with van der Waals surface area (Å²) in [5.41, 5.74) is 2.90. The summed E-state index contributed by atoms with van der Waals surface area (Å²) < 4.78 is 10.8. The predicted octanol–water partition coefficient (Wildman–Crippen LogP) is 1.11. The number of hydroxylamine groups is 1. The van der Waals surface area contributed by atoms with Gasteiger partial charge in [-0.1, -0.05) is 0 Å². The van der Waals surface area contributed by atoms with Gasteiger partial charge in [0.1, 0.15) is 0 Å². The summed E-state index contributed by atoms with van der Waals surface area (Å²) >= 11 is 0. The molecule has 4 nitrogen and oxygen atoms in total. The molecule has 0 amide bonds. The highest BCUT2D eigenvalue weighted by Crippen LogP contribution is 1.94. The summed E-state index contributed by atoms with van der Waals surface area (Å²) in [5, 5.41) is 0. The number of rotatable bonds is 0. The van der Waals surface area contributed by atoms with Crippen molar-refractivity contribution < 1.29 is 14.3 Å². The summed E-state index contributed by atoms with van der Waals surface area (Å²) in [7, 11) is 0. The molecule has 1 N–H and O–H groups in total. The van der Waals surface area contributed by atoms with Gasteiger partial charge in [-0.3, -0.25) is 0 Å². The van der Waals surface area contributed by atoms with E-state index in [-0.39, 0.29) is 0 Å². The first-order chi connectivity index (χ1) is 7.00. The van der Waals surface area contributed by atoms with E-state index < -0.39 is 0 Å². The topological polar surface area (TPSA) is 39.7 Å². The first kappa shape index (κ1) is 11.9. The largest absolute Gasteiger partial charge is 0.381 e. The van der Waals surface area contributed by atoms with Crippen LogP contribution in [0, 0.1) is 0 Å². The predicted molar refractivity (Wildman–Crippen MR) is 54.1 cm³/mol. The minimum atomic E-state index is 0.723. The average Bonchev–Trinajstić information content (AvgIpc) is 2.22. The quantitative estimate of drug-likeness (QED) is 0.640. The smallest absolute Gasteiger partial charge is 0.0704 e. The van der Waals surface area contributed by atoms with Gasteiger partial charge in [0, 0.05) is 33.0 Å². The molecular weight excluding hydrogens is 182 g/mol. The first-order valence-electron chi connectivity index (χ1n) is 5.50. The summed E-state index contributed by atoms with van der Waals surface area (Å²) in [6, 6.07) is 0. The zero-order valence-corrected chi connectivity index (χ0v) is 8.80. The second kappa shape index (κ2) is 9.40. The molecule has 14 heavy (non-hydrogen) atoms. The molecule has 1 aliphatic rings. The Bertz CT molecular complexity index is 68.6. The van der Waals surface area contributed by atoms with E-state index in [1.54, 1.807) is 0 Å². The maximum Gasteiger partial charge on any atom is 0.0704 e. The fourth-order valence-corrected chi connectivity index (χ4v) is 1.24. The third-order valence-corrected chi connectivity index (χ3v) is 2.03. The van der Waals surface area contributed by atoms with Gasteiger partial charge in [-0.05, 0) is 25.7 Å². The number of hydrogen-bond acceptors (Lipinski definition) is 4. The molecule has 0 aliphatic carbocycles. The van der Waals surface area contributed by atoms with Crippen molar-refractivity contribution in [2.75, 3.05) is 39.6 Å². The van der Waals surface area contributed by atoms with E-state index in [1.807, 2.05) is 0 Å². The third-order valence-electron chi connectivity index (χ3n) is 2.03. The monoisotopic (exact) mass is 203 g/mol. The van der Waals surface area contributed by atoms with Gasteiger partial charge in [-0.15, -0.1) is 0 Å². The molecule has 1 rings (SSSR count). The molecule has 0 unspecified atom stereocenters. The molecule has 0 aromatic heterocycles. The van der Waals surface area contributed by atoms with Crippen molar-refractivity contribution in [2.45, 2.75) is 25.7 Å². The molecular formula is C10H21NO3. The Morgan fingerprint density at radius 3 is 2.07 bits per heavy atom. The van der Waals surface area contributed by atoms with E-state index in [4.69, 9.17) is 14.3 Å². The summed E-state index contributed by atoms with van der Waals surface area (Å²) in [6.45, 7) is 4.89. The molecule has 1 fully saturated rings. The Morgan fingerprint density at radius 2 is 1.29 bits per heavy atom. The van der Waals surface area contributed by atoms with Crippen LogP contribution in [0.5, 0.6) is 0 Å². The molecule has 1 aliphatic heterocycles. The van der Waals surface area contributed by atoms with Crippen molar-refractivity contribution in [3.8, 4) is 0 Å². The molecule has 0 aromatic rings. The van der Waals surface area contributed by atoms with E-state index >= 15 is 0 Å². The molecule has 0 saturated carbocycles. The molecule has 0 spiro atoms. The second-order valence-corrected chi connectivity index (χ2v) is 3.38. The summed E-state index contributed by atoms with van der Waals surface area (Å²) in [4.78, 5) is 5.19. The van der Waals surface area contributed by atoms with Crippen LogP contribution in [0.4, 0.5) is 0 Å². The lowest BCUT2D eigenvalue weighted by molar-refractivity contribution is 0.0132. The van der Waals surface area contributed by atoms with Gasteiger partial charge in [0.25, 0.3) is 0 Å². The lowest BCUT2D eigenvalue weighted by Gasteiger charge is -2.09. The van der Waals surface area contributed by atoms with Crippen LogP contribution < -0.4 is 5.48 Å². The maximum atomic E-state index is 5.43. The SMILES string of the molecule is C1CCOCCCONCCCOC1. The van der Waals surface area contributed by atoms with Crippen molar-refractivity contribution in [1.82, 2.24) is 5.48 Å². The van der Waals surface area contributed by atoms with Gasteiger partial charge < -0.3 is 14.3 Å². The van der Waals surface area contributed by atoms with Gasteiger partial charge in [0.15, 0.2) is 0 Å². The van der Waals surface area contributed by atoms with Gasteiger partial charge >= 0.3 is 0 Å². The van der Waals surface area contributed by atoms with E-state index in [1.165, 1.54) is 0 Å². The van der Waals surface area contributed by atoms with Crippen LogP contribution in [0.1, 0.15) is 25.7 Å². The highest BCUT2D eigenvalue weighted by atomic mass is 16.6. The average molecular weight is 203 g/mol. The highest BCUT2D eigenvalue weighted by Gasteiger charge is 1.95. The lowest BCUT2D eigenvalue weighted by atomic mass is 10.3. The second-order valence-electron chi connectivity index (χ2n) is 3.38. The minimum Gasteiger partial charge on any atom is -0.381 e. The fourth-order valence-electron chi connectivity index (χ4n) is 1.24. The molecule has 0 radical (unpaired) electrons. The van der Waals surface area contributed by atoms with Crippen LogP contribution in [0.2, 0.25) is 0 Å². The first-order valence-corrected chi connectivity index (χ1v) is 5.50. The molecule has 4 heteroatoms. The third kappa shape index (κ3) is 7.26. The summed E-state index contributed by atoms with van der Waals surface area (Å²) in [5.74, 6) is 0. The van der Waals surface area contributed by atoms with E-state index in [0.29, 0.717) is 0 Å². The molecule has 0 bridgehead atoms. The molecule has 1 heterocycles. The fraction of sp³-hybridized carbons (Fsp3) is 1.00. The van der Waals surface area contributed by atoms with E-state index in [0.717, 1.165) is 65.3 Å². The maximum absolute atomic E-state index is 5.43. The van der Waals surface area contributed by atoms with Crippen LogP contribution >= 0.6 is 0 Å². The Balaban J connectivity index is 2.00. The van der Waals surface area contributed by atoms with Crippen LogP contribution in [-0.4, -0.2) is 39.6 Å². The van der Waals surface area contributed by atoms with Crippen molar-refractivity contribution in [2.24, 2.45) is 0 Å². The molecule has 1 saturated heterocycles.